The Bertz CT molecular complexity index is 1210. The van der Waals surface area contributed by atoms with E-state index in [1.165, 1.54) is 0 Å². The van der Waals surface area contributed by atoms with Gasteiger partial charge in [0.2, 0.25) is 0 Å². The smallest absolute Gasteiger partial charge is 0.138 e. The van der Waals surface area contributed by atoms with Gasteiger partial charge in [0.05, 0.1) is 40.4 Å². The molecule has 0 saturated carbocycles. The molecule has 4 heterocycles. The molecule has 0 bridgehead atoms. The van der Waals surface area contributed by atoms with Crippen LogP contribution in [0.4, 0.5) is 5.69 Å². The summed E-state index contributed by atoms with van der Waals surface area (Å²) in [4.78, 5) is 11.8. The topological polar surface area (TPSA) is 83.2 Å². The Morgan fingerprint density at radius 1 is 1.11 bits per heavy atom. The molecule has 1 aliphatic rings. The number of benzene rings is 1. The maximum absolute atomic E-state index is 9.10. The van der Waals surface area contributed by atoms with Crippen molar-refractivity contribution in [1.82, 2.24) is 14.4 Å². The van der Waals surface area contributed by atoms with Gasteiger partial charge in [-0.1, -0.05) is 18.2 Å². The molecule has 2 N–H and O–H groups in total. The lowest BCUT2D eigenvalue weighted by molar-refractivity contribution is 0.502. The normalized spacial score (nSPS) is 15.2. The Labute approximate surface area is 162 Å². The van der Waals surface area contributed by atoms with Crippen LogP contribution in [0.2, 0.25) is 0 Å². The first-order chi connectivity index (χ1) is 13.7. The molecule has 0 radical (unpaired) electrons. The predicted octanol–water partition coefficient (Wildman–Crippen LogP) is 3.35. The summed E-state index contributed by atoms with van der Waals surface area (Å²) < 4.78 is 1.97. The van der Waals surface area contributed by atoms with Crippen LogP contribution in [-0.2, 0) is 0 Å². The lowest BCUT2D eigenvalue weighted by atomic mass is 10.0. The summed E-state index contributed by atoms with van der Waals surface area (Å²) in [6.45, 7) is 1.91. The second kappa shape index (κ2) is 6.63. The molecule has 0 unspecified atom stereocenters. The van der Waals surface area contributed by atoms with Gasteiger partial charge in [-0.05, 0) is 37.1 Å². The SMILES string of the molecule is N#Cc1ccn2c(-c3ccc4cccc(N5CCC(N)CC5)c4n3)cnc2c1. The lowest BCUT2D eigenvalue weighted by Crippen LogP contribution is -2.39. The number of rotatable bonds is 2. The minimum Gasteiger partial charge on any atom is -0.370 e. The highest BCUT2D eigenvalue weighted by Gasteiger charge is 2.19. The van der Waals surface area contributed by atoms with E-state index in [0.29, 0.717) is 11.6 Å². The minimum absolute atomic E-state index is 0.297. The van der Waals surface area contributed by atoms with Crippen molar-refractivity contribution in [2.75, 3.05) is 18.0 Å². The quantitative estimate of drug-likeness (QED) is 0.587. The van der Waals surface area contributed by atoms with E-state index >= 15 is 0 Å². The summed E-state index contributed by atoms with van der Waals surface area (Å²) in [7, 11) is 0. The molecule has 5 rings (SSSR count). The van der Waals surface area contributed by atoms with E-state index in [-0.39, 0.29) is 0 Å². The number of pyridine rings is 2. The van der Waals surface area contributed by atoms with Crippen LogP contribution in [0, 0.1) is 11.3 Å². The van der Waals surface area contributed by atoms with Crippen molar-refractivity contribution in [2.24, 2.45) is 5.73 Å². The van der Waals surface area contributed by atoms with Gasteiger partial charge in [0, 0.05) is 30.7 Å². The molecule has 6 nitrogen and oxygen atoms in total. The molecule has 1 aliphatic heterocycles. The lowest BCUT2D eigenvalue weighted by Gasteiger charge is -2.32. The molecule has 1 aromatic carbocycles. The van der Waals surface area contributed by atoms with E-state index in [9.17, 15) is 0 Å². The van der Waals surface area contributed by atoms with E-state index in [2.05, 4.69) is 40.2 Å². The van der Waals surface area contributed by atoms with Crippen molar-refractivity contribution in [3.8, 4) is 17.5 Å². The number of fused-ring (bicyclic) bond motifs is 2. The highest BCUT2D eigenvalue weighted by molar-refractivity contribution is 5.92. The summed E-state index contributed by atoms with van der Waals surface area (Å²) in [6.07, 6.45) is 5.70. The second-order valence-electron chi connectivity index (χ2n) is 7.27. The van der Waals surface area contributed by atoms with Gasteiger partial charge in [0.15, 0.2) is 0 Å². The van der Waals surface area contributed by atoms with Crippen LogP contribution in [0.5, 0.6) is 0 Å². The van der Waals surface area contributed by atoms with E-state index in [4.69, 9.17) is 16.0 Å². The number of hydrogen-bond acceptors (Lipinski definition) is 5. The van der Waals surface area contributed by atoms with Gasteiger partial charge in [-0.25, -0.2) is 9.97 Å². The summed E-state index contributed by atoms with van der Waals surface area (Å²) in [6, 6.07) is 16.5. The zero-order valence-corrected chi connectivity index (χ0v) is 15.4. The van der Waals surface area contributed by atoms with E-state index < -0.39 is 0 Å². The number of imidazole rings is 1. The highest BCUT2D eigenvalue weighted by Crippen LogP contribution is 2.30. The molecule has 6 heteroatoms. The van der Waals surface area contributed by atoms with Crippen LogP contribution >= 0.6 is 0 Å². The second-order valence-corrected chi connectivity index (χ2v) is 7.27. The Morgan fingerprint density at radius 3 is 2.79 bits per heavy atom. The Balaban J connectivity index is 1.62. The molecule has 0 spiro atoms. The van der Waals surface area contributed by atoms with Gasteiger partial charge in [0.25, 0.3) is 0 Å². The molecule has 1 saturated heterocycles. The Morgan fingerprint density at radius 2 is 1.96 bits per heavy atom. The van der Waals surface area contributed by atoms with Crippen LogP contribution in [-0.4, -0.2) is 33.5 Å². The monoisotopic (exact) mass is 368 g/mol. The predicted molar refractivity (Wildman–Crippen MR) is 110 cm³/mol. The van der Waals surface area contributed by atoms with Gasteiger partial charge < -0.3 is 10.6 Å². The van der Waals surface area contributed by atoms with Gasteiger partial charge in [0.1, 0.15) is 5.65 Å². The van der Waals surface area contributed by atoms with Gasteiger partial charge in [-0.2, -0.15) is 5.26 Å². The molecule has 1 fully saturated rings. The third-order valence-electron chi connectivity index (χ3n) is 5.48. The highest BCUT2D eigenvalue weighted by atomic mass is 15.1. The van der Waals surface area contributed by atoms with Crippen LogP contribution < -0.4 is 10.6 Å². The fourth-order valence-electron chi connectivity index (χ4n) is 3.91. The minimum atomic E-state index is 0.297. The third-order valence-corrected chi connectivity index (χ3v) is 5.48. The Hall–Kier alpha value is -3.43. The molecular weight excluding hydrogens is 348 g/mol. The van der Waals surface area contributed by atoms with Crippen molar-refractivity contribution >= 4 is 22.2 Å². The van der Waals surface area contributed by atoms with Gasteiger partial charge in [-0.15, -0.1) is 0 Å². The first-order valence-electron chi connectivity index (χ1n) is 9.51. The zero-order valence-electron chi connectivity index (χ0n) is 15.4. The average molecular weight is 368 g/mol. The van der Waals surface area contributed by atoms with E-state index in [0.717, 1.165) is 59.6 Å². The number of nitrogens with two attached hydrogens (primary N) is 1. The standard InChI is InChI=1S/C22H20N6/c23-13-15-6-11-28-20(14-25-21(28)12-15)18-5-4-16-2-1-3-19(22(16)26-18)27-9-7-17(24)8-10-27/h1-6,11-12,14,17H,7-10,24H2. The molecule has 28 heavy (non-hydrogen) atoms. The van der Waals surface area contributed by atoms with Crippen molar-refractivity contribution < 1.29 is 0 Å². The van der Waals surface area contributed by atoms with Crippen LogP contribution in [0.3, 0.4) is 0 Å². The summed E-state index contributed by atoms with van der Waals surface area (Å²) in [5.74, 6) is 0. The number of anilines is 1. The molecule has 3 aromatic heterocycles. The van der Waals surface area contributed by atoms with E-state index in [1.54, 1.807) is 12.1 Å². The summed E-state index contributed by atoms with van der Waals surface area (Å²) >= 11 is 0. The number of aromatic nitrogens is 3. The number of nitrogens with zero attached hydrogens (tertiary/aromatic N) is 5. The molecule has 4 aromatic rings. The van der Waals surface area contributed by atoms with Crippen molar-refractivity contribution in [3.63, 3.8) is 0 Å². The average Bonchev–Trinajstić information content (AvgIpc) is 3.16. The fraction of sp³-hybridized carbons (Fsp3) is 0.227. The molecule has 0 atom stereocenters. The van der Waals surface area contributed by atoms with Crippen molar-refractivity contribution in [1.29, 1.82) is 5.26 Å². The third kappa shape index (κ3) is 2.77. The van der Waals surface area contributed by atoms with Crippen molar-refractivity contribution in [2.45, 2.75) is 18.9 Å². The van der Waals surface area contributed by atoms with Gasteiger partial charge in [-0.3, -0.25) is 4.40 Å². The molecule has 138 valence electrons. The fourth-order valence-corrected chi connectivity index (χ4v) is 3.91. The number of hydrogen-bond donors (Lipinski definition) is 1. The number of para-hydroxylation sites is 1. The number of nitriles is 1. The largest absolute Gasteiger partial charge is 0.370 e. The Kier molecular flexibility index (Phi) is 3.96. The summed E-state index contributed by atoms with van der Waals surface area (Å²) in [5.41, 5.74) is 11.4. The van der Waals surface area contributed by atoms with Crippen molar-refractivity contribution in [3.05, 3.63) is 60.4 Å². The molecular formula is C22H20N6. The van der Waals surface area contributed by atoms with Crippen LogP contribution in [0.1, 0.15) is 18.4 Å². The molecule has 0 aliphatic carbocycles. The van der Waals surface area contributed by atoms with Crippen LogP contribution in [0.25, 0.3) is 27.9 Å². The molecule has 0 amide bonds. The van der Waals surface area contributed by atoms with E-state index in [1.807, 2.05) is 22.9 Å². The first kappa shape index (κ1) is 16.7. The summed E-state index contributed by atoms with van der Waals surface area (Å²) in [5, 5.41) is 10.2. The van der Waals surface area contributed by atoms with Gasteiger partial charge >= 0.3 is 0 Å². The number of piperidine rings is 1. The zero-order chi connectivity index (χ0) is 19.1. The maximum atomic E-state index is 9.10. The first-order valence-corrected chi connectivity index (χ1v) is 9.51. The maximum Gasteiger partial charge on any atom is 0.138 e. The van der Waals surface area contributed by atoms with Crippen LogP contribution in [0.15, 0.2) is 54.9 Å².